The molecule has 4 rings (SSSR count). The fraction of sp³-hybridized carbons (Fsp3) is 0.381. The van der Waals surface area contributed by atoms with Crippen LogP contribution in [0.15, 0.2) is 35.7 Å². The number of halogens is 1. The highest BCUT2D eigenvalue weighted by Crippen LogP contribution is 2.43. The SMILES string of the molecule is CC.Cc1c(C2CC=CCC2)sc2c(NCc3cccs3)cc(Cl)nc12. The maximum absolute atomic E-state index is 6.30. The maximum atomic E-state index is 6.30. The van der Waals surface area contributed by atoms with Crippen LogP contribution < -0.4 is 5.32 Å². The van der Waals surface area contributed by atoms with E-state index in [2.05, 4.69) is 46.9 Å². The Hall–Kier alpha value is -1.36. The Bertz CT molecular complexity index is 881. The number of thiophene rings is 2. The summed E-state index contributed by atoms with van der Waals surface area (Å²) in [7, 11) is 0. The van der Waals surface area contributed by atoms with Crippen molar-refractivity contribution in [3.05, 3.63) is 56.2 Å². The second-order valence-corrected chi connectivity index (χ2v) is 8.65. The molecule has 0 radical (unpaired) electrons. The third kappa shape index (κ3) is 4.13. The number of aryl methyl sites for hydroxylation is 1. The third-order valence-corrected chi connectivity index (χ3v) is 7.10. The number of pyridine rings is 1. The largest absolute Gasteiger partial charge is 0.379 e. The molecule has 1 aliphatic carbocycles. The number of aromatic nitrogens is 1. The molecule has 0 amide bonds. The van der Waals surface area contributed by atoms with E-state index >= 15 is 0 Å². The van der Waals surface area contributed by atoms with Crippen molar-refractivity contribution in [2.75, 3.05) is 5.32 Å². The summed E-state index contributed by atoms with van der Waals surface area (Å²) in [5.41, 5.74) is 3.46. The van der Waals surface area contributed by atoms with Gasteiger partial charge in [0.1, 0.15) is 5.15 Å². The quantitative estimate of drug-likeness (QED) is 0.354. The zero-order chi connectivity index (χ0) is 18.5. The van der Waals surface area contributed by atoms with Crippen LogP contribution in [0.3, 0.4) is 0 Å². The molecule has 1 N–H and O–H groups in total. The van der Waals surface area contributed by atoms with Gasteiger partial charge in [-0.15, -0.1) is 22.7 Å². The highest BCUT2D eigenvalue weighted by atomic mass is 35.5. The van der Waals surface area contributed by atoms with E-state index < -0.39 is 0 Å². The van der Waals surface area contributed by atoms with Gasteiger partial charge in [-0.3, -0.25) is 0 Å². The standard InChI is InChI=1S/C19H19ClN2S2.C2H6/c1-12-17-19(24-18(12)13-6-3-2-4-7-13)15(10-16(20)22-17)21-11-14-8-5-9-23-14;1-2/h2-3,5,8-10,13H,4,6-7,11H2,1H3,(H,21,22);1-2H3. The van der Waals surface area contributed by atoms with Crippen molar-refractivity contribution >= 4 is 50.2 Å². The lowest BCUT2D eigenvalue weighted by atomic mass is 9.91. The molecule has 2 nitrogen and oxygen atoms in total. The van der Waals surface area contributed by atoms with E-state index in [1.807, 2.05) is 31.3 Å². The molecule has 3 aromatic heterocycles. The average Bonchev–Trinajstić information content (AvgIpc) is 3.31. The van der Waals surface area contributed by atoms with Crippen molar-refractivity contribution in [2.45, 2.75) is 52.5 Å². The number of hydrogen-bond acceptors (Lipinski definition) is 4. The number of hydrogen-bond donors (Lipinski definition) is 1. The Labute approximate surface area is 168 Å². The average molecular weight is 405 g/mol. The molecule has 0 saturated heterocycles. The highest BCUT2D eigenvalue weighted by Gasteiger charge is 2.21. The molecule has 138 valence electrons. The fourth-order valence-corrected chi connectivity index (χ4v) is 5.54. The van der Waals surface area contributed by atoms with Gasteiger partial charge < -0.3 is 5.32 Å². The van der Waals surface area contributed by atoms with Gasteiger partial charge in [0.15, 0.2) is 0 Å². The Kier molecular flexibility index (Phi) is 6.74. The zero-order valence-electron chi connectivity index (χ0n) is 15.5. The molecule has 0 aromatic carbocycles. The molecule has 1 atom stereocenters. The number of allylic oxidation sites excluding steroid dienone is 2. The summed E-state index contributed by atoms with van der Waals surface area (Å²) >= 11 is 9.95. The Balaban J connectivity index is 0.000000948. The van der Waals surface area contributed by atoms with E-state index in [0.29, 0.717) is 11.1 Å². The van der Waals surface area contributed by atoms with E-state index in [1.54, 1.807) is 11.3 Å². The Morgan fingerprint density at radius 3 is 2.85 bits per heavy atom. The predicted molar refractivity (Wildman–Crippen MR) is 118 cm³/mol. The predicted octanol–water partition coefficient (Wildman–Crippen LogP) is 7.78. The molecule has 1 aliphatic rings. The molecule has 0 spiro atoms. The molecule has 3 heterocycles. The van der Waals surface area contributed by atoms with Crippen LogP contribution in [-0.4, -0.2) is 4.98 Å². The molecule has 0 bridgehead atoms. The maximum Gasteiger partial charge on any atom is 0.131 e. The second kappa shape index (κ2) is 9.03. The molecule has 0 fully saturated rings. The minimum Gasteiger partial charge on any atom is -0.379 e. The van der Waals surface area contributed by atoms with Crippen LogP contribution in [0.5, 0.6) is 0 Å². The number of nitrogens with zero attached hydrogens (tertiary/aromatic N) is 1. The number of anilines is 1. The van der Waals surface area contributed by atoms with Gasteiger partial charge in [0.2, 0.25) is 0 Å². The lowest BCUT2D eigenvalue weighted by Gasteiger charge is -2.16. The molecule has 26 heavy (non-hydrogen) atoms. The third-order valence-electron chi connectivity index (χ3n) is 4.55. The van der Waals surface area contributed by atoms with E-state index in [-0.39, 0.29) is 0 Å². The Morgan fingerprint density at radius 2 is 2.15 bits per heavy atom. The van der Waals surface area contributed by atoms with Gasteiger partial charge in [0.05, 0.1) is 15.9 Å². The first-order valence-electron chi connectivity index (χ1n) is 9.23. The summed E-state index contributed by atoms with van der Waals surface area (Å²) in [6, 6.07) is 6.19. The van der Waals surface area contributed by atoms with Gasteiger partial charge >= 0.3 is 0 Å². The first-order valence-corrected chi connectivity index (χ1v) is 11.3. The molecule has 1 unspecified atom stereocenters. The summed E-state index contributed by atoms with van der Waals surface area (Å²) in [6.45, 7) is 7.02. The van der Waals surface area contributed by atoms with Crippen LogP contribution in [-0.2, 0) is 6.54 Å². The summed E-state index contributed by atoms with van der Waals surface area (Å²) < 4.78 is 1.23. The van der Waals surface area contributed by atoms with Gasteiger partial charge in [0.25, 0.3) is 0 Å². The lowest BCUT2D eigenvalue weighted by Crippen LogP contribution is -2.00. The van der Waals surface area contributed by atoms with Crippen molar-refractivity contribution in [3.63, 3.8) is 0 Å². The Morgan fingerprint density at radius 1 is 1.31 bits per heavy atom. The van der Waals surface area contributed by atoms with E-state index in [1.165, 1.54) is 32.9 Å². The zero-order valence-corrected chi connectivity index (χ0v) is 17.9. The monoisotopic (exact) mass is 404 g/mol. The van der Waals surface area contributed by atoms with E-state index in [4.69, 9.17) is 11.6 Å². The topological polar surface area (TPSA) is 24.9 Å². The van der Waals surface area contributed by atoms with Crippen LogP contribution in [0, 0.1) is 6.92 Å². The molecule has 0 saturated carbocycles. The van der Waals surface area contributed by atoms with Crippen LogP contribution >= 0.6 is 34.3 Å². The van der Waals surface area contributed by atoms with Gasteiger partial charge in [-0.05, 0) is 49.1 Å². The van der Waals surface area contributed by atoms with Crippen molar-refractivity contribution in [1.82, 2.24) is 4.98 Å². The van der Waals surface area contributed by atoms with Gasteiger partial charge in [-0.25, -0.2) is 4.98 Å². The minimum absolute atomic E-state index is 0.562. The van der Waals surface area contributed by atoms with Crippen LogP contribution in [0.2, 0.25) is 5.15 Å². The number of nitrogens with one attached hydrogen (secondary N) is 1. The molecule has 0 aliphatic heterocycles. The van der Waals surface area contributed by atoms with Crippen LogP contribution in [0.25, 0.3) is 10.2 Å². The minimum atomic E-state index is 0.562. The highest BCUT2D eigenvalue weighted by molar-refractivity contribution is 7.20. The summed E-state index contributed by atoms with van der Waals surface area (Å²) in [4.78, 5) is 7.41. The van der Waals surface area contributed by atoms with Gasteiger partial charge in [-0.1, -0.05) is 43.7 Å². The van der Waals surface area contributed by atoms with E-state index in [0.717, 1.165) is 24.2 Å². The van der Waals surface area contributed by atoms with Crippen LogP contribution in [0.1, 0.15) is 54.3 Å². The van der Waals surface area contributed by atoms with Crippen molar-refractivity contribution in [3.8, 4) is 0 Å². The van der Waals surface area contributed by atoms with Crippen LogP contribution in [0.4, 0.5) is 5.69 Å². The molecular weight excluding hydrogens is 380 g/mol. The van der Waals surface area contributed by atoms with Crippen molar-refractivity contribution < 1.29 is 0 Å². The first-order chi connectivity index (χ1) is 12.7. The van der Waals surface area contributed by atoms with Crippen molar-refractivity contribution in [2.24, 2.45) is 0 Å². The van der Waals surface area contributed by atoms with E-state index in [9.17, 15) is 0 Å². The molecule has 3 aromatic rings. The first kappa shape index (κ1) is 19.4. The molecular formula is C21H25ClN2S2. The normalized spacial score (nSPS) is 16.4. The number of rotatable bonds is 4. The van der Waals surface area contributed by atoms with Crippen molar-refractivity contribution in [1.29, 1.82) is 0 Å². The molecule has 5 heteroatoms. The van der Waals surface area contributed by atoms with Gasteiger partial charge in [0, 0.05) is 22.4 Å². The van der Waals surface area contributed by atoms with Gasteiger partial charge in [-0.2, -0.15) is 0 Å². The summed E-state index contributed by atoms with van der Waals surface area (Å²) in [6.07, 6.45) is 8.15. The fourth-order valence-electron chi connectivity index (χ4n) is 3.31. The second-order valence-electron chi connectivity index (χ2n) is 6.18. The smallest absolute Gasteiger partial charge is 0.131 e. The summed E-state index contributed by atoms with van der Waals surface area (Å²) in [5.74, 6) is 0.623. The number of fused-ring (bicyclic) bond motifs is 1. The lowest BCUT2D eigenvalue weighted by molar-refractivity contribution is 0.624. The summed E-state index contributed by atoms with van der Waals surface area (Å²) in [5, 5.41) is 6.23.